The van der Waals surface area contributed by atoms with Crippen molar-refractivity contribution in [3.63, 3.8) is 0 Å². The lowest BCUT2D eigenvalue weighted by Gasteiger charge is -1.90. The Balaban J connectivity index is 2.89. The Morgan fingerprint density at radius 2 is 2.00 bits per heavy atom. The number of aromatic nitrogens is 2. The van der Waals surface area contributed by atoms with Gasteiger partial charge < -0.3 is 5.73 Å². The lowest BCUT2D eigenvalue weighted by Crippen LogP contribution is -1.88. The van der Waals surface area contributed by atoms with Crippen molar-refractivity contribution in [3.05, 3.63) is 30.0 Å². The van der Waals surface area contributed by atoms with Gasteiger partial charge >= 0.3 is 0 Å². The summed E-state index contributed by atoms with van der Waals surface area (Å²) in [5.41, 5.74) is 6.19. The van der Waals surface area contributed by atoms with Crippen molar-refractivity contribution in [2.75, 3.05) is 0 Å². The van der Waals surface area contributed by atoms with Crippen molar-refractivity contribution in [2.45, 2.75) is 6.92 Å². The smallest absolute Gasteiger partial charge is 0.153 e. The molecule has 0 aliphatic rings. The molecule has 52 valence electrons. The van der Waals surface area contributed by atoms with Crippen molar-refractivity contribution >= 4 is 6.08 Å². The summed E-state index contributed by atoms with van der Waals surface area (Å²) in [5, 5.41) is 0. The Morgan fingerprint density at radius 3 is 2.50 bits per heavy atom. The molecule has 0 bridgehead atoms. The normalized spacial score (nSPS) is 10.5. The van der Waals surface area contributed by atoms with Crippen LogP contribution in [-0.4, -0.2) is 9.97 Å². The summed E-state index contributed by atoms with van der Waals surface area (Å²) in [7, 11) is 0. The van der Waals surface area contributed by atoms with E-state index in [-0.39, 0.29) is 0 Å². The van der Waals surface area contributed by atoms with E-state index in [4.69, 9.17) is 5.73 Å². The van der Waals surface area contributed by atoms with Crippen LogP contribution < -0.4 is 5.73 Å². The SMILES string of the molecule is Cc1cnc(C=CN)nc1. The van der Waals surface area contributed by atoms with Gasteiger partial charge in [0.05, 0.1) is 0 Å². The molecule has 0 fully saturated rings. The van der Waals surface area contributed by atoms with Gasteiger partial charge in [-0.15, -0.1) is 0 Å². The molecular formula is C7H9N3. The van der Waals surface area contributed by atoms with Crippen LogP contribution in [0.1, 0.15) is 11.4 Å². The average molecular weight is 135 g/mol. The molecule has 0 saturated carbocycles. The molecule has 0 unspecified atom stereocenters. The highest BCUT2D eigenvalue weighted by Gasteiger charge is 1.86. The van der Waals surface area contributed by atoms with Gasteiger partial charge in [-0.2, -0.15) is 0 Å². The molecule has 0 aliphatic heterocycles. The van der Waals surface area contributed by atoms with Crippen molar-refractivity contribution in [3.8, 4) is 0 Å². The molecule has 0 aromatic carbocycles. The van der Waals surface area contributed by atoms with E-state index >= 15 is 0 Å². The third-order valence-electron chi connectivity index (χ3n) is 1.05. The number of aryl methyl sites for hydroxylation is 1. The van der Waals surface area contributed by atoms with Crippen molar-refractivity contribution < 1.29 is 0 Å². The van der Waals surface area contributed by atoms with Crippen LogP contribution in [0.2, 0.25) is 0 Å². The summed E-state index contributed by atoms with van der Waals surface area (Å²) < 4.78 is 0. The summed E-state index contributed by atoms with van der Waals surface area (Å²) in [6.07, 6.45) is 6.58. The fraction of sp³-hybridized carbons (Fsp3) is 0.143. The van der Waals surface area contributed by atoms with Crippen LogP contribution in [0.5, 0.6) is 0 Å². The molecular weight excluding hydrogens is 126 g/mol. The molecule has 1 rings (SSSR count). The molecule has 0 amide bonds. The zero-order valence-corrected chi connectivity index (χ0v) is 5.78. The predicted octanol–water partition coefficient (Wildman–Crippen LogP) is 0.714. The van der Waals surface area contributed by atoms with Crippen LogP contribution in [0.15, 0.2) is 18.6 Å². The van der Waals surface area contributed by atoms with Crippen LogP contribution in [0.4, 0.5) is 0 Å². The first kappa shape index (κ1) is 6.74. The summed E-state index contributed by atoms with van der Waals surface area (Å²) in [4.78, 5) is 7.98. The lowest BCUT2D eigenvalue weighted by molar-refractivity contribution is 1.10. The van der Waals surface area contributed by atoms with Gasteiger partial charge in [0, 0.05) is 12.4 Å². The number of rotatable bonds is 1. The molecule has 1 aromatic rings. The molecule has 3 nitrogen and oxygen atoms in total. The Labute approximate surface area is 59.6 Å². The van der Waals surface area contributed by atoms with Crippen LogP contribution in [0, 0.1) is 6.92 Å². The maximum absolute atomic E-state index is 5.14. The highest BCUT2D eigenvalue weighted by Crippen LogP contribution is 1.93. The Hall–Kier alpha value is -1.38. The van der Waals surface area contributed by atoms with E-state index < -0.39 is 0 Å². The standard InChI is InChI=1S/C7H9N3/c1-6-4-9-7(2-3-8)10-5-6/h2-5H,8H2,1H3. The van der Waals surface area contributed by atoms with Gasteiger partial charge in [0.15, 0.2) is 5.82 Å². The van der Waals surface area contributed by atoms with Gasteiger partial charge in [0.25, 0.3) is 0 Å². The monoisotopic (exact) mass is 135 g/mol. The number of nitrogens with zero attached hydrogens (tertiary/aromatic N) is 2. The van der Waals surface area contributed by atoms with E-state index in [1.807, 2.05) is 6.92 Å². The number of hydrogen-bond acceptors (Lipinski definition) is 3. The third-order valence-corrected chi connectivity index (χ3v) is 1.05. The second-order valence-corrected chi connectivity index (χ2v) is 1.98. The Kier molecular flexibility index (Phi) is 1.99. The van der Waals surface area contributed by atoms with Gasteiger partial charge in [-0.05, 0) is 24.8 Å². The van der Waals surface area contributed by atoms with Crippen molar-refractivity contribution in [2.24, 2.45) is 5.73 Å². The maximum Gasteiger partial charge on any atom is 0.153 e. The molecule has 0 radical (unpaired) electrons. The second kappa shape index (κ2) is 2.96. The number of hydrogen-bond donors (Lipinski definition) is 1. The van der Waals surface area contributed by atoms with Gasteiger partial charge in [0.1, 0.15) is 0 Å². The molecule has 3 heteroatoms. The van der Waals surface area contributed by atoms with Gasteiger partial charge in [-0.25, -0.2) is 9.97 Å². The molecule has 1 heterocycles. The zero-order valence-electron chi connectivity index (χ0n) is 5.78. The van der Waals surface area contributed by atoms with E-state index in [9.17, 15) is 0 Å². The topological polar surface area (TPSA) is 51.8 Å². The third kappa shape index (κ3) is 1.55. The summed E-state index contributed by atoms with van der Waals surface area (Å²) in [6, 6.07) is 0. The lowest BCUT2D eigenvalue weighted by atomic mass is 10.4. The average Bonchev–Trinajstić information content (AvgIpc) is 1.95. The van der Waals surface area contributed by atoms with Crippen molar-refractivity contribution in [1.29, 1.82) is 0 Å². The second-order valence-electron chi connectivity index (χ2n) is 1.98. The first-order valence-corrected chi connectivity index (χ1v) is 3.00. The van der Waals surface area contributed by atoms with Gasteiger partial charge in [-0.1, -0.05) is 0 Å². The molecule has 10 heavy (non-hydrogen) atoms. The predicted molar refractivity (Wildman–Crippen MR) is 40.0 cm³/mol. The van der Waals surface area contributed by atoms with Crippen LogP contribution in [-0.2, 0) is 0 Å². The molecule has 0 saturated heterocycles. The minimum atomic E-state index is 0.646. The Morgan fingerprint density at radius 1 is 1.40 bits per heavy atom. The Bertz CT molecular complexity index is 225. The van der Waals surface area contributed by atoms with E-state index in [0.717, 1.165) is 5.56 Å². The maximum atomic E-state index is 5.14. The minimum absolute atomic E-state index is 0.646. The van der Waals surface area contributed by atoms with Crippen LogP contribution >= 0.6 is 0 Å². The van der Waals surface area contributed by atoms with Crippen LogP contribution in [0.25, 0.3) is 6.08 Å². The van der Waals surface area contributed by atoms with Crippen molar-refractivity contribution in [1.82, 2.24) is 9.97 Å². The zero-order chi connectivity index (χ0) is 7.40. The first-order chi connectivity index (χ1) is 4.83. The quantitative estimate of drug-likeness (QED) is 0.617. The van der Waals surface area contributed by atoms with Gasteiger partial charge in [-0.3, -0.25) is 0 Å². The van der Waals surface area contributed by atoms with E-state index in [1.54, 1.807) is 18.5 Å². The molecule has 0 atom stereocenters. The molecule has 0 spiro atoms. The fourth-order valence-electron chi connectivity index (χ4n) is 0.575. The minimum Gasteiger partial charge on any atom is -0.404 e. The summed E-state index contributed by atoms with van der Waals surface area (Å²) >= 11 is 0. The molecule has 0 aliphatic carbocycles. The summed E-state index contributed by atoms with van der Waals surface area (Å²) in [5.74, 6) is 0.646. The van der Waals surface area contributed by atoms with E-state index in [1.165, 1.54) is 6.20 Å². The highest BCUT2D eigenvalue weighted by atomic mass is 14.8. The number of nitrogens with two attached hydrogens (primary N) is 1. The van der Waals surface area contributed by atoms with Crippen LogP contribution in [0.3, 0.4) is 0 Å². The molecule has 2 N–H and O–H groups in total. The van der Waals surface area contributed by atoms with E-state index in [2.05, 4.69) is 9.97 Å². The summed E-state index contributed by atoms with van der Waals surface area (Å²) in [6.45, 7) is 1.94. The first-order valence-electron chi connectivity index (χ1n) is 3.00. The fourth-order valence-corrected chi connectivity index (χ4v) is 0.575. The molecule has 1 aromatic heterocycles. The van der Waals surface area contributed by atoms with E-state index in [0.29, 0.717) is 5.82 Å². The largest absolute Gasteiger partial charge is 0.404 e. The highest BCUT2D eigenvalue weighted by molar-refractivity contribution is 5.38. The van der Waals surface area contributed by atoms with Gasteiger partial charge in [0.2, 0.25) is 0 Å².